The van der Waals surface area contributed by atoms with Crippen molar-refractivity contribution in [3.05, 3.63) is 29.6 Å². The summed E-state index contributed by atoms with van der Waals surface area (Å²) in [7, 11) is 0. The Labute approximate surface area is 74.8 Å². The van der Waals surface area contributed by atoms with Gasteiger partial charge in [0.25, 0.3) is 0 Å². The molecule has 0 spiro atoms. The van der Waals surface area contributed by atoms with Crippen molar-refractivity contribution in [2.75, 3.05) is 0 Å². The molecule has 0 bridgehead atoms. The predicted octanol–water partition coefficient (Wildman–Crippen LogP) is 3.12. The molecule has 0 saturated carbocycles. The third-order valence-electron chi connectivity index (χ3n) is 2.00. The summed E-state index contributed by atoms with van der Waals surface area (Å²) in [5.41, 5.74) is 2.65. The van der Waals surface area contributed by atoms with Gasteiger partial charge in [0, 0.05) is 12.4 Å². The monoisotopic (exact) mass is 163 g/mol. The molecule has 0 radical (unpaired) electrons. The van der Waals surface area contributed by atoms with E-state index in [-0.39, 0.29) is 0 Å². The highest BCUT2D eigenvalue weighted by molar-refractivity contribution is 5.16. The first-order chi connectivity index (χ1) is 5.83. The first-order valence-electron chi connectivity index (χ1n) is 4.73. The van der Waals surface area contributed by atoms with Gasteiger partial charge in [-0.15, -0.1) is 0 Å². The minimum absolute atomic E-state index is 1.18. The lowest BCUT2D eigenvalue weighted by Crippen LogP contribution is -1.87. The van der Waals surface area contributed by atoms with Crippen LogP contribution in [-0.4, -0.2) is 4.98 Å². The Kier molecular flexibility index (Phi) is 3.78. The largest absolute Gasteiger partial charge is 0.264 e. The van der Waals surface area contributed by atoms with Gasteiger partial charge in [-0.25, -0.2) is 0 Å². The van der Waals surface area contributed by atoms with Gasteiger partial charge >= 0.3 is 0 Å². The number of rotatable bonds is 4. The molecule has 1 aromatic heterocycles. The number of hydrogen-bond donors (Lipinski definition) is 0. The summed E-state index contributed by atoms with van der Waals surface area (Å²) < 4.78 is 0. The zero-order valence-electron chi connectivity index (χ0n) is 8.01. The van der Waals surface area contributed by atoms with Crippen molar-refractivity contribution in [1.82, 2.24) is 4.98 Å². The number of aryl methyl sites for hydroxylation is 2. The second-order valence-corrected chi connectivity index (χ2v) is 3.33. The van der Waals surface area contributed by atoms with Crippen LogP contribution in [0, 0.1) is 6.92 Å². The average Bonchev–Trinajstić information content (AvgIpc) is 2.05. The van der Waals surface area contributed by atoms with E-state index in [0.29, 0.717) is 0 Å². The minimum Gasteiger partial charge on any atom is -0.264 e. The molecular weight excluding hydrogens is 146 g/mol. The SMILES string of the molecule is CCCCCc1cncc(C)c1. The third kappa shape index (κ3) is 3.04. The number of aromatic nitrogens is 1. The van der Waals surface area contributed by atoms with Crippen molar-refractivity contribution < 1.29 is 0 Å². The van der Waals surface area contributed by atoms with Gasteiger partial charge in [-0.2, -0.15) is 0 Å². The Hall–Kier alpha value is -0.850. The van der Waals surface area contributed by atoms with Gasteiger partial charge in [0.05, 0.1) is 0 Å². The van der Waals surface area contributed by atoms with E-state index in [1.54, 1.807) is 0 Å². The molecule has 0 N–H and O–H groups in total. The summed E-state index contributed by atoms with van der Waals surface area (Å²) >= 11 is 0. The Morgan fingerprint density at radius 3 is 2.75 bits per heavy atom. The lowest BCUT2D eigenvalue weighted by Gasteiger charge is -2.00. The fraction of sp³-hybridized carbons (Fsp3) is 0.545. The fourth-order valence-electron chi connectivity index (χ4n) is 1.33. The van der Waals surface area contributed by atoms with Crippen LogP contribution in [-0.2, 0) is 6.42 Å². The molecule has 1 nitrogen and oxygen atoms in total. The zero-order valence-corrected chi connectivity index (χ0v) is 8.01. The summed E-state index contributed by atoms with van der Waals surface area (Å²) in [5, 5.41) is 0. The van der Waals surface area contributed by atoms with Crippen molar-refractivity contribution in [3.8, 4) is 0 Å². The number of pyridine rings is 1. The summed E-state index contributed by atoms with van der Waals surface area (Å²) in [6, 6.07) is 2.22. The van der Waals surface area contributed by atoms with Crippen LogP contribution in [0.15, 0.2) is 18.5 Å². The van der Waals surface area contributed by atoms with Gasteiger partial charge in [0.2, 0.25) is 0 Å². The average molecular weight is 163 g/mol. The van der Waals surface area contributed by atoms with E-state index >= 15 is 0 Å². The van der Waals surface area contributed by atoms with Crippen molar-refractivity contribution in [2.24, 2.45) is 0 Å². The smallest absolute Gasteiger partial charge is 0.0300 e. The summed E-state index contributed by atoms with van der Waals surface area (Å²) in [6.07, 6.45) is 8.98. The molecule has 0 unspecified atom stereocenters. The molecule has 0 saturated heterocycles. The first-order valence-corrected chi connectivity index (χ1v) is 4.73. The highest BCUT2D eigenvalue weighted by Gasteiger charge is 1.93. The van der Waals surface area contributed by atoms with Gasteiger partial charge in [-0.1, -0.05) is 25.8 Å². The molecule has 0 aliphatic heterocycles. The molecule has 0 aliphatic rings. The lowest BCUT2D eigenvalue weighted by atomic mass is 10.1. The normalized spacial score (nSPS) is 10.2. The van der Waals surface area contributed by atoms with Crippen LogP contribution in [0.3, 0.4) is 0 Å². The lowest BCUT2D eigenvalue weighted by molar-refractivity contribution is 0.715. The molecule has 0 atom stereocenters. The Morgan fingerprint density at radius 2 is 2.08 bits per heavy atom. The van der Waals surface area contributed by atoms with Crippen LogP contribution < -0.4 is 0 Å². The van der Waals surface area contributed by atoms with E-state index < -0.39 is 0 Å². The van der Waals surface area contributed by atoms with Crippen LogP contribution in [0.25, 0.3) is 0 Å². The van der Waals surface area contributed by atoms with Crippen molar-refractivity contribution in [2.45, 2.75) is 39.5 Å². The van der Waals surface area contributed by atoms with E-state index in [4.69, 9.17) is 0 Å². The van der Waals surface area contributed by atoms with Crippen LogP contribution >= 0.6 is 0 Å². The fourth-order valence-corrected chi connectivity index (χ4v) is 1.33. The maximum atomic E-state index is 4.16. The van der Waals surface area contributed by atoms with Gasteiger partial charge in [-0.05, 0) is 30.9 Å². The van der Waals surface area contributed by atoms with Crippen molar-refractivity contribution >= 4 is 0 Å². The molecule has 0 fully saturated rings. The number of nitrogens with zero attached hydrogens (tertiary/aromatic N) is 1. The van der Waals surface area contributed by atoms with Crippen LogP contribution in [0.4, 0.5) is 0 Å². The van der Waals surface area contributed by atoms with Gasteiger partial charge in [-0.3, -0.25) is 4.98 Å². The highest BCUT2D eigenvalue weighted by Crippen LogP contribution is 2.06. The molecule has 1 rings (SSSR count). The zero-order chi connectivity index (χ0) is 8.81. The Balaban J connectivity index is 2.41. The van der Waals surface area contributed by atoms with Crippen molar-refractivity contribution in [1.29, 1.82) is 0 Å². The molecule has 0 aromatic carbocycles. The first kappa shape index (κ1) is 9.24. The van der Waals surface area contributed by atoms with Gasteiger partial charge in [0.15, 0.2) is 0 Å². The molecular formula is C11H17N. The van der Waals surface area contributed by atoms with E-state index in [9.17, 15) is 0 Å². The number of unbranched alkanes of at least 4 members (excludes halogenated alkanes) is 2. The Bertz CT molecular complexity index is 230. The summed E-state index contributed by atoms with van der Waals surface area (Å²) in [5.74, 6) is 0. The van der Waals surface area contributed by atoms with Gasteiger partial charge in [0.1, 0.15) is 0 Å². The molecule has 1 aromatic rings. The maximum Gasteiger partial charge on any atom is 0.0300 e. The molecule has 1 heteroatoms. The van der Waals surface area contributed by atoms with Crippen LogP contribution in [0.2, 0.25) is 0 Å². The molecule has 0 aliphatic carbocycles. The maximum absolute atomic E-state index is 4.16. The predicted molar refractivity (Wildman–Crippen MR) is 52.2 cm³/mol. The quantitative estimate of drug-likeness (QED) is 0.621. The summed E-state index contributed by atoms with van der Waals surface area (Å²) in [4.78, 5) is 4.16. The second kappa shape index (κ2) is 4.91. The topological polar surface area (TPSA) is 12.9 Å². The highest BCUT2D eigenvalue weighted by atomic mass is 14.6. The van der Waals surface area contributed by atoms with Crippen LogP contribution in [0.1, 0.15) is 37.3 Å². The van der Waals surface area contributed by atoms with Gasteiger partial charge < -0.3 is 0 Å². The van der Waals surface area contributed by atoms with E-state index in [2.05, 4.69) is 24.9 Å². The molecule has 0 amide bonds. The van der Waals surface area contributed by atoms with E-state index in [1.807, 2.05) is 12.4 Å². The molecule has 66 valence electrons. The number of hydrogen-bond acceptors (Lipinski definition) is 1. The van der Waals surface area contributed by atoms with E-state index in [1.165, 1.54) is 36.8 Å². The second-order valence-electron chi connectivity index (χ2n) is 3.33. The van der Waals surface area contributed by atoms with E-state index in [0.717, 1.165) is 0 Å². The molecule has 1 heterocycles. The summed E-state index contributed by atoms with van der Waals surface area (Å²) in [6.45, 7) is 4.32. The van der Waals surface area contributed by atoms with Crippen LogP contribution in [0.5, 0.6) is 0 Å². The standard InChI is InChI=1S/C11H17N/c1-3-4-5-6-11-7-10(2)8-12-9-11/h7-9H,3-6H2,1-2H3. The molecule has 12 heavy (non-hydrogen) atoms. The Morgan fingerprint density at radius 1 is 1.25 bits per heavy atom. The van der Waals surface area contributed by atoms with Crippen molar-refractivity contribution in [3.63, 3.8) is 0 Å². The minimum atomic E-state index is 1.18. The third-order valence-corrected chi connectivity index (χ3v) is 2.00.